The summed E-state index contributed by atoms with van der Waals surface area (Å²) in [5.74, 6) is -0.0966. The molecule has 1 aromatic carbocycles. The number of amides is 1. The first kappa shape index (κ1) is 8.08. The Balaban J connectivity index is 2.74. The van der Waals surface area contributed by atoms with Crippen molar-refractivity contribution >= 4 is 23.2 Å². The lowest BCUT2D eigenvalue weighted by atomic mass is 10.3. The number of nitrogens with one attached hydrogen (secondary N) is 1. The summed E-state index contributed by atoms with van der Waals surface area (Å²) in [7, 11) is 0. The Kier molecular flexibility index (Phi) is 2.49. The van der Waals surface area contributed by atoms with Crippen LogP contribution in [0.2, 0.25) is 5.02 Å². The second-order valence-electron chi connectivity index (χ2n) is 2.11. The predicted octanol–water partition coefficient (Wildman–Crippen LogP) is 2.10. The van der Waals surface area contributed by atoms with Crippen molar-refractivity contribution in [1.29, 1.82) is 0 Å². The van der Waals surface area contributed by atoms with Gasteiger partial charge in [-0.05, 0) is 18.2 Å². The lowest BCUT2D eigenvalue weighted by Gasteiger charge is -1.99. The number of anilines is 1. The van der Waals surface area contributed by atoms with Crippen LogP contribution in [0.4, 0.5) is 5.69 Å². The number of carbonyl (C=O) groups is 1. The van der Waals surface area contributed by atoms with E-state index >= 15 is 0 Å². The van der Waals surface area contributed by atoms with E-state index in [1.807, 2.05) is 0 Å². The van der Waals surface area contributed by atoms with Crippen molar-refractivity contribution in [3.05, 3.63) is 29.3 Å². The van der Waals surface area contributed by atoms with Gasteiger partial charge in [0, 0.05) is 23.7 Å². The first-order chi connectivity index (χ1) is 5.18. The smallest absolute Gasteiger partial charge is 0.221 e. The minimum absolute atomic E-state index is 0.0966. The Morgan fingerprint density at radius 2 is 2.36 bits per heavy atom. The Hall–Kier alpha value is -1.02. The molecular formula is C8H7ClNO. The average molecular weight is 169 g/mol. The zero-order valence-electron chi connectivity index (χ0n) is 6.02. The van der Waals surface area contributed by atoms with E-state index in [0.29, 0.717) is 10.7 Å². The zero-order valence-corrected chi connectivity index (χ0v) is 6.77. The first-order valence-corrected chi connectivity index (χ1v) is 3.51. The summed E-state index contributed by atoms with van der Waals surface area (Å²) in [6, 6.07) is 7.78. The van der Waals surface area contributed by atoms with E-state index in [1.165, 1.54) is 6.92 Å². The molecule has 0 unspecified atom stereocenters. The number of hydrogen-bond donors (Lipinski definition) is 1. The standard InChI is InChI=1S/C8H7ClNO/c1-6(11)10-8-4-2-7(9)3-5-8/h2,4-5H,1H3,(H,10,11). The molecule has 0 bridgehead atoms. The molecule has 1 rings (SSSR count). The van der Waals surface area contributed by atoms with E-state index < -0.39 is 0 Å². The first-order valence-electron chi connectivity index (χ1n) is 3.13. The maximum Gasteiger partial charge on any atom is 0.221 e. The van der Waals surface area contributed by atoms with E-state index in [2.05, 4.69) is 11.4 Å². The van der Waals surface area contributed by atoms with E-state index in [9.17, 15) is 4.79 Å². The molecule has 11 heavy (non-hydrogen) atoms. The van der Waals surface area contributed by atoms with Gasteiger partial charge in [0.15, 0.2) is 0 Å². The maximum atomic E-state index is 10.5. The van der Waals surface area contributed by atoms with E-state index in [1.54, 1.807) is 18.2 Å². The van der Waals surface area contributed by atoms with Crippen molar-refractivity contribution in [2.45, 2.75) is 6.92 Å². The van der Waals surface area contributed by atoms with Crippen molar-refractivity contribution in [3.8, 4) is 0 Å². The molecule has 1 N–H and O–H groups in total. The lowest BCUT2D eigenvalue weighted by molar-refractivity contribution is -0.114. The summed E-state index contributed by atoms with van der Waals surface area (Å²) in [5.41, 5.74) is 0.710. The van der Waals surface area contributed by atoms with Crippen LogP contribution >= 0.6 is 11.6 Å². The van der Waals surface area contributed by atoms with Crippen LogP contribution in [0.1, 0.15) is 6.92 Å². The summed E-state index contributed by atoms with van der Waals surface area (Å²) < 4.78 is 0. The topological polar surface area (TPSA) is 29.1 Å². The largest absolute Gasteiger partial charge is 0.326 e. The third kappa shape index (κ3) is 2.60. The molecule has 0 spiro atoms. The minimum Gasteiger partial charge on any atom is -0.326 e. The quantitative estimate of drug-likeness (QED) is 0.684. The fourth-order valence-corrected chi connectivity index (χ4v) is 0.804. The second kappa shape index (κ2) is 3.39. The Morgan fingerprint density at radius 1 is 1.64 bits per heavy atom. The highest BCUT2D eigenvalue weighted by molar-refractivity contribution is 6.30. The third-order valence-corrected chi connectivity index (χ3v) is 1.33. The van der Waals surface area contributed by atoms with Crippen molar-refractivity contribution in [1.82, 2.24) is 0 Å². The van der Waals surface area contributed by atoms with Gasteiger partial charge in [0.25, 0.3) is 0 Å². The normalized spacial score (nSPS) is 9.27. The molecule has 0 heterocycles. The van der Waals surface area contributed by atoms with Crippen LogP contribution in [0.25, 0.3) is 0 Å². The van der Waals surface area contributed by atoms with Crippen molar-refractivity contribution < 1.29 is 4.79 Å². The molecule has 57 valence electrons. The van der Waals surface area contributed by atoms with Crippen LogP contribution in [-0.4, -0.2) is 5.91 Å². The number of halogens is 1. The van der Waals surface area contributed by atoms with Crippen LogP contribution in [0.15, 0.2) is 18.2 Å². The van der Waals surface area contributed by atoms with Crippen molar-refractivity contribution in [2.75, 3.05) is 5.32 Å². The van der Waals surface area contributed by atoms with Gasteiger partial charge in [-0.1, -0.05) is 11.6 Å². The van der Waals surface area contributed by atoms with Gasteiger partial charge in [-0.3, -0.25) is 4.79 Å². The van der Waals surface area contributed by atoms with Crippen LogP contribution in [0.3, 0.4) is 0 Å². The highest BCUT2D eigenvalue weighted by Gasteiger charge is 1.93. The van der Waals surface area contributed by atoms with Gasteiger partial charge in [-0.15, -0.1) is 0 Å². The molecule has 0 atom stereocenters. The highest BCUT2D eigenvalue weighted by atomic mass is 35.5. The molecule has 0 saturated heterocycles. The lowest BCUT2D eigenvalue weighted by Crippen LogP contribution is -2.05. The maximum absolute atomic E-state index is 10.5. The molecule has 0 aliphatic rings. The summed E-state index contributed by atoms with van der Waals surface area (Å²) in [6.45, 7) is 1.45. The monoisotopic (exact) mass is 168 g/mol. The highest BCUT2D eigenvalue weighted by Crippen LogP contribution is 2.11. The average Bonchev–Trinajstić information content (AvgIpc) is 1.93. The van der Waals surface area contributed by atoms with Gasteiger partial charge in [-0.2, -0.15) is 0 Å². The number of hydrogen-bond acceptors (Lipinski definition) is 1. The Morgan fingerprint density at radius 3 is 2.82 bits per heavy atom. The Bertz CT molecular complexity index is 255. The molecule has 2 nitrogen and oxygen atoms in total. The molecule has 3 heteroatoms. The zero-order chi connectivity index (χ0) is 8.27. The Labute approximate surface area is 70.2 Å². The minimum atomic E-state index is -0.0966. The summed E-state index contributed by atoms with van der Waals surface area (Å²) in [5, 5.41) is 3.14. The van der Waals surface area contributed by atoms with Gasteiger partial charge in [0.2, 0.25) is 5.91 Å². The summed E-state index contributed by atoms with van der Waals surface area (Å²) in [6.07, 6.45) is 0. The molecule has 1 radical (unpaired) electrons. The molecule has 0 fully saturated rings. The fraction of sp³-hybridized carbons (Fsp3) is 0.125. The van der Waals surface area contributed by atoms with Gasteiger partial charge < -0.3 is 5.32 Å². The molecule has 0 aromatic heterocycles. The third-order valence-electron chi connectivity index (χ3n) is 1.10. The predicted molar refractivity (Wildman–Crippen MR) is 44.6 cm³/mol. The SMILES string of the molecule is CC(=O)Nc1c[c]c(Cl)cc1. The number of rotatable bonds is 1. The summed E-state index contributed by atoms with van der Waals surface area (Å²) >= 11 is 5.58. The number of carbonyl (C=O) groups excluding carboxylic acids is 1. The van der Waals surface area contributed by atoms with Gasteiger partial charge in [0.05, 0.1) is 0 Å². The van der Waals surface area contributed by atoms with Gasteiger partial charge >= 0.3 is 0 Å². The van der Waals surface area contributed by atoms with Crippen LogP contribution in [-0.2, 0) is 4.79 Å². The molecule has 1 aromatic rings. The van der Waals surface area contributed by atoms with Crippen LogP contribution < -0.4 is 5.32 Å². The van der Waals surface area contributed by atoms with Gasteiger partial charge in [0.1, 0.15) is 0 Å². The molecular weight excluding hydrogens is 162 g/mol. The second-order valence-corrected chi connectivity index (χ2v) is 2.51. The summed E-state index contributed by atoms with van der Waals surface area (Å²) in [4.78, 5) is 10.5. The molecule has 0 saturated carbocycles. The van der Waals surface area contributed by atoms with E-state index in [0.717, 1.165) is 0 Å². The van der Waals surface area contributed by atoms with Crippen LogP contribution in [0.5, 0.6) is 0 Å². The molecule has 0 aliphatic carbocycles. The van der Waals surface area contributed by atoms with Gasteiger partial charge in [-0.25, -0.2) is 0 Å². The van der Waals surface area contributed by atoms with Crippen molar-refractivity contribution in [3.63, 3.8) is 0 Å². The van der Waals surface area contributed by atoms with E-state index in [4.69, 9.17) is 11.6 Å². The van der Waals surface area contributed by atoms with Crippen molar-refractivity contribution in [2.24, 2.45) is 0 Å². The van der Waals surface area contributed by atoms with E-state index in [-0.39, 0.29) is 5.91 Å². The van der Waals surface area contributed by atoms with Crippen LogP contribution in [0, 0.1) is 6.07 Å². The number of benzene rings is 1. The fourth-order valence-electron chi connectivity index (χ4n) is 0.687. The molecule has 0 aliphatic heterocycles. The molecule has 1 amide bonds.